The molecule has 3 rings (SSSR count). The summed E-state index contributed by atoms with van der Waals surface area (Å²) in [5.74, 6) is 0.157. The molecule has 1 aliphatic heterocycles. The van der Waals surface area contributed by atoms with E-state index in [1.54, 1.807) is 46.2 Å². The molecule has 6 nitrogen and oxygen atoms in total. The number of hydrogen-bond acceptors (Lipinski definition) is 6. The van der Waals surface area contributed by atoms with Crippen LogP contribution >= 0.6 is 0 Å². The molecule has 0 aliphatic carbocycles. The van der Waals surface area contributed by atoms with Crippen molar-refractivity contribution >= 4 is 11.4 Å². The molecule has 0 amide bonds. The van der Waals surface area contributed by atoms with Crippen LogP contribution in [0.25, 0.3) is 5.57 Å². The fourth-order valence-corrected chi connectivity index (χ4v) is 3.39. The quantitative estimate of drug-likeness (QED) is 0.834. The molecule has 28 heavy (non-hydrogen) atoms. The number of aliphatic hydroxyl groups excluding tert-OH is 1. The Morgan fingerprint density at radius 1 is 1.11 bits per heavy atom. The summed E-state index contributed by atoms with van der Waals surface area (Å²) in [6.07, 6.45) is 4.04. The van der Waals surface area contributed by atoms with Gasteiger partial charge in [-0.1, -0.05) is 13.0 Å². The zero-order valence-electron chi connectivity index (χ0n) is 17.2. The highest BCUT2D eigenvalue weighted by atomic mass is 16.5. The average Bonchev–Trinajstić information content (AvgIpc) is 2.62. The van der Waals surface area contributed by atoms with Gasteiger partial charge in [-0.2, -0.15) is 0 Å². The minimum Gasteiger partial charge on any atom is -0.508 e. The first-order chi connectivity index (χ1) is 13.0. The van der Waals surface area contributed by atoms with Gasteiger partial charge in [0.25, 0.3) is 0 Å². The molecule has 0 bridgehead atoms. The van der Waals surface area contributed by atoms with E-state index < -0.39 is 11.2 Å². The molecule has 6 heteroatoms. The zero-order chi connectivity index (χ0) is 20.7. The predicted octanol–water partition coefficient (Wildman–Crippen LogP) is 4.57. The number of rotatable bonds is 4. The molecule has 1 aromatic heterocycles. The lowest BCUT2D eigenvalue weighted by Gasteiger charge is -2.40. The molecule has 1 aromatic carbocycles. The number of aryl methyl sites for hydroxylation is 2. The zero-order valence-corrected chi connectivity index (χ0v) is 17.2. The van der Waals surface area contributed by atoms with Crippen molar-refractivity contribution in [3.05, 3.63) is 53.0 Å². The third-order valence-corrected chi connectivity index (χ3v) is 4.79. The van der Waals surface area contributed by atoms with Gasteiger partial charge in [0.05, 0.1) is 5.57 Å². The highest BCUT2D eigenvalue weighted by Crippen LogP contribution is 2.41. The van der Waals surface area contributed by atoms with Crippen LogP contribution in [0.5, 0.6) is 11.8 Å². The Labute approximate surface area is 165 Å². The van der Waals surface area contributed by atoms with Crippen molar-refractivity contribution in [3.8, 4) is 11.8 Å². The second-order valence-electron chi connectivity index (χ2n) is 7.99. The van der Waals surface area contributed by atoms with Gasteiger partial charge in [0.2, 0.25) is 0 Å². The summed E-state index contributed by atoms with van der Waals surface area (Å²) in [4.78, 5) is 21.4. The van der Waals surface area contributed by atoms with Crippen LogP contribution in [0, 0.1) is 6.92 Å². The summed E-state index contributed by atoms with van der Waals surface area (Å²) in [6, 6.07) is 5.67. The molecule has 1 N–H and O–H groups in total. The number of Topliss-reactive ketones (excluding diaryl/α,β-unsaturated/α-hetero) is 1. The van der Waals surface area contributed by atoms with Crippen LogP contribution in [0.1, 0.15) is 51.3 Å². The molecule has 148 valence electrons. The molecule has 0 radical (unpaired) electrons. The lowest BCUT2D eigenvalue weighted by atomic mass is 9.81. The Bertz CT molecular complexity index is 944. The van der Waals surface area contributed by atoms with Crippen LogP contribution < -0.4 is 4.74 Å². The third kappa shape index (κ3) is 3.64. The van der Waals surface area contributed by atoms with Crippen LogP contribution in [0.3, 0.4) is 0 Å². The second kappa shape index (κ2) is 7.02. The van der Waals surface area contributed by atoms with Crippen molar-refractivity contribution in [1.82, 2.24) is 9.97 Å². The molecule has 2 aromatic rings. The standard InChI is InChI=1S/C22H26N2O4/c1-7-14-8-9-15(27-20-23-11-13(2)12-24-20)10-16(14)17-18(25)21(3,4)28-22(5,6)19(17)26/h8-12,25H,7H2,1-6H3. The fraction of sp³-hybridized carbons (Fsp3) is 0.409. The SMILES string of the molecule is CCc1ccc(Oc2ncc(C)cn2)cc1C1=C(O)C(C)(C)OC(C)(C)C1=O. The predicted molar refractivity (Wildman–Crippen MR) is 106 cm³/mol. The van der Waals surface area contributed by atoms with Crippen molar-refractivity contribution in [2.75, 3.05) is 0 Å². The van der Waals surface area contributed by atoms with Gasteiger partial charge in [0.1, 0.15) is 22.7 Å². The second-order valence-corrected chi connectivity index (χ2v) is 7.99. The van der Waals surface area contributed by atoms with E-state index in [1.807, 2.05) is 26.0 Å². The molecule has 0 spiro atoms. The summed E-state index contributed by atoms with van der Waals surface area (Å²) in [5, 5.41) is 10.9. The van der Waals surface area contributed by atoms with E-state index in [4.69, 9.17) is 9.47 Å². The maximum atomic E-state index is 13.1. The molecule has 0 unspecified atom stereocenters. The molecule has 2 heterocycles. The number of nitrogens with zero attached hydrogens (tertiary/aromatic N) is 2. The highest BCUT2D eigenvalue weighted by Gasteiger charge is 2.47. The Kier molecular flexibility index (Phi) is 5.02. The number of benzene rings is 1. The van der Waals surface area contributed by atoms with E-state index in [0.29, 0.717) is 17.7 Å². The topological polar surface area (TPSA) is 81.5 Å². The van der Waals surface area contributed by atoms with Crippen molar-refractivity contribution in [2.24, 2.45) is 0 Å². The number of carbonyl (C=O) groups excluding carboxylic acids is 1. The number of carbonyl (C=O) groups is 1. The van der Waals surface area contributed by atoms with E-state index in [0.717, 1.165) is 11.1 Å². The van der Waals surface area contributed by atoms with Gasteiger partial charge in [-0.3, -0.25) is 4.79 Å². The first-order valence-corrected chi connectivity index (χ1v) is 9.33. The van der Waals surface area contributed by atoms with Crippen LogP contribution in [0.15, 0.2) is 36.4 Å². The number of hydrogen-bond donors (Lipinski definition) is 1. The summed E-state index contributed by atoms with van der Waals surface area (Å²) < 4.78 is 11.6. The molecule has 0 saturated carbocycles. The Morgan fingerprint density at radius 2 is 1.75 bits per heavy atom. The highest BCUT2D eigenvalue weighted by molar-refractivity contribution is 6.26. The van der Waals surface area contributed by atoms with E-state index in [1.165, 1.54) is 0 Å². The minimum atomic E-state index is -1.05. The van der Waals surface area contributed by atoms with Crippen molar-refractivity contribution in [2.45, 2.75) is 59.2 Å². The summed E-state index contributed by atoms with van der Waals surface area (Å²) >= 11 is 0. The summed E-state index contributed by atoms with van der Waals surface area (Å²) in [7, 11) is 0. The van der Waals surface area contributed by atoms with Gasteiger partial charge in [0, 0.05) is 12.4 Å². The van der Waals surface area contributed by atoms with Crippen LogP contribution in [-0.2, 0) is 16.0 Å². The fourth-order valence-electron chi connectivity index (χ4n) is 3.39. The Balaban J connectivity index is 2.11. The van der Waals surface area contributed by atoms with Crippen LogP contribution in [0.2, 0.25) is 0 Å². The van der Waals surface area contributed by atoms with E-state index in [9.17, 15) is 9.90 Å². The van der Waals surface area contributed by atoms with Crippen molar-refractivity contribution in [1.29, 1.82) is 0 Å². The van der Waals surface area contributed by atoms with Crippen molar-refractivity contribution < 1.29 is 19.4 Å². The Hall–Kier alpha value is -2.73. The molecular formula is C22H26N2O4. The van der Waals surface area contributed by atoms with Gasteiger partial charge in [0.15, 0.2) is 5.78 Å². The lowest BCUT2D eigenvalue weighted by molar-refractivity contribution is -0.158. The first-order valence-electron chi connectivity index (χ1n) is 9.33. The maximum Gasteiger partial charge on any atom is 0.321 e. The normalized spacial score (nSPS) is 18.3. The molecule has 0 saturated heterocycles. The smallest absolute Gasteiger partial charge is 0.321 e. The molecule has 0 fully saturated rings. The molecule has 0 atom stereocenters. The molecular weight excluding hydrogens is 356 g/mol. The monoisotopic (exact) mass is 382 g/mol. The van der Waals surface area contributed by atoms with Crippen LogP contribution in [0.4, 0.5) is 0 Å². The third-order valence-electron chi connectivity index (χ3n) is 4.79. The minimum absolute atomic E-state index is 0.0738. The maximum absolute atomic E-state index is 13.1. The summed E-state index contributed by atoms with van der Waals surface area (Å²) in [6.45, 7) is 10.8. The van der Waals surface area contributed by atoms with Crippen LogP contribution in [-0.4, -0.2) is 32.1 Å². The van der Waals surface area contributed by atoms with Gasteiger partial charge in [-0.25, -0.2) is 9.97 Å². The van der Waals surface area contributed by atoms with Gasteiger partial charge in [-0.05, 0) is 69.9 Å². The van der Waals surface area contributed by atoms with E-state index >= 15 is 0 Å². The molecule has 1 aliphatic rings. The average molecular weight is 382 g/mol. The largest absolute Gasteiger partial charge is 0.508 e. The van der Waals surface area contributed by atoms with Gasteiger partial charge in [-0.15, -0.1) is 0 Å². The Morgan fingerprint density at radius 3 is 2.36 bits per heavy atom. The number of ether oxygens (including phenoxy) is 2. The number of aliphatic hydroxyl groups is 1. The van der Waals surface area contributed by atoms with Gasteiger partial charge >= 0.3 is 6.01 Å². The summed E-state index contributed by atoms with van der Waals surface area (Å²) in [5.41, 5.74) is 0.747. The first kappa shape index (κ1) is 20.0. The van der Waals surface area contributed by atoms with E-state index in [-0.39, 0.29) is 23.1 Å². The lowest BCUT2D eigenvalue weighted by Crippen LogP contribution is -2.49. The van der Waals surface area contributed by atoms with Gasteiger partial charge < -0.3 is 14.6 Å². The number of ketones is 1. The number of aromatic nitrogens is 2. The van der Waals surface area contributed by atoms with Crippen molar-refractivity contribution in [3.63, 3.8) is 0 Å². The van der Waals surface area contributed by atoms with E-state index in [2.05, 4.69) is 9.97 Å².